The monoisotopic (exact) mass is 476 g/mol. The molecule has 7 heteroatoms. The van der Waals surface area contributed by atoms with Crippen LogP contribution in [0.3, 0.4) is 0 Å². The van der Waals surface area contributed by atoms with Crippen molar-refractivity contribution in [1.82, 2.24) is 10.6 Å². The van der Waals surface area contributed by atoms with E-state index in [-0.39, 0.29) is 18.3 Å². The number of carbonyl (C=O) groups is 2. The minimum atomic E-state index is -0.436. The van der Waals surface area contributed by atoms with Gasteiger partial charge < -0.3 is 24.5 Å². The van der Waals surface area contributed by atoms with E-state index in [2.05, 4.69) is 24.5 Å². The molecule has 0 aliphatic rings. The van der Waals surface area contributed by atoms with Gasteiger partial charge in [0.15, 0.2) is 0 Å². The van der Waals surface area contributed by atoms with Crippen LogP contribution in [0.4, 0.5) is 0 Å². The van der Waals surface area contributed by atoms with Crippen LogP contribution in [0.25, 0.3) is 6.08 Å². The first-order valence-electron chi connectivity index (χ1n) is 11.6. The standard InChI is InChI=1S/C28H32N2O5/c1-19(2)18-34-23-13-9-22(10-14-23)27(31)30-26(28(32)29-17-25-6-5-15-33-25)16-21-7-11-24(12-8-21)35-20(3)4/h5-16,19-20H,17-18H2,1-4H3,(H,29,32)(H,30,31)/b26-16-. The number of ether oxygens (including phenoxy) is 2. The van der Waals surface area contributed by atoms with Gasteiger partial charge in [-0.25, -0.2) is 0 Å². The Balaban J connectivity index is 1.75. The molecule has 2 amide bonds. The fourth-order valence-corrected chi connectivity index (χ4v) is 3.08. The molecule has 0 atom stereocenters. The van der Waals surface area contributed by atoms with Crippen LogP contribution in [0.1, 0.15) is 49.4 Å². The summed E-state index contributed by atoms with van der Waals surface area (Å²) < 4.78 is 16.6. The second kappa shape index (κ2) is 12.5. The number of amides is 2. The van der Waals surface area contributed by atoms with Gasteiger partial charge in [-0.1, -0.05) is 26.0 Å². The summed E-state index contributed by atoms with van der Waals surface area (Å²) in [6, 6.07) is 17.6. The van der Waals surface area contributed by atoms with Gasteiger partial charge in [-0.05, 0) is 79.9 Å². The molecular weight excluding hydrogens is 444 g/mol. The van der Waals surface area contributed by atoms with Gasteiger partial charge in [0.1, 0.15) is 23.0 Å². The summed E-state index contributed by atoms with van der Waals surface area (Å²) in [4.78, 5) is 25.9. The third-order valence-electron chi connectivity index (χ3n) is 4.76. The molecule has 2 aromatic carbocycles. The van der Waals surface area contributed by atoms with Crippen LogP contribution < -0.4 is 20.1 Å². The van der Waals surface area contributed by atoms with Crippen molar-refractivity contribution >= 4 is 17.9 Å². The average Bonchev–Trinajstić information content (AvgIpc) is 3.35. The molecule has 1 aromatic heterocycles. The molecule has 0 bridgehead atoms. The molecule has 0 aliphatic heterocycles. The highest BCUT2D eigenvalue weighted by Crippen LogP contribution is 2.17. The SMILES string of the molecule is CC(C)COc1ccc(C(=O)N/C(=C\c2ccc(OC(C)C)cc2)C(=O)NCc2ccco2)cc1. The summed E-state index contributed by atoms with van der Waals surface area (Å²) >= 11 is 0. The van der Waals surface area contributed by atoms with Crippen LogP contribution in [0.5, 0.6) is 11.5 Å². The van der Waals surface area contributed by atoms with Crippen molar-refractivity contribution in [3.63, 3.8) is 0 Å². The Hall–Kier alpha value is -4.00. The summed E-state index contributed by atoms with van der Waals surface area (Å²) in [5.41, 5.74) is 1.26. The highest BCUT2D eigenvalue weighted by molar-refractivity contribution is 6.05. The Bertz CT molecular complexity index is 1120. The number of benzene rings is 2. The van der Waals surface area contributed by atoms with Crippen LogP contribution in [0, 0.1) is 5.92 Å². The molecule has 0 fully saturated rings. The van der Waals surface area contributed by atoms with Crippen LogP contribution in [-0.4, -0.2) is 24.5 Å². The second-order valence-electron chi connectivity index (χ2n) is 8.74. The maximum absolute atomic E-state index is 12.9. The Morgan fingerprint density at radius 3 is 2.23 bits per heavy atom. The molecule has 1 heterocycles. The number of rotatable bonds is 11. The number of nitrogens with one attached hydrogen (secondary N) is 2. The highest BCUT2D eigenvalue weighted by atomic mass is 16.5. The lowest BCUT2D eigenvalue weighted by atomic mass is 10.1. The first-order valence-corrected chi connectivity index (χ1v) is 11.6. The van der Waals surface area contributed by atoms with Gasteiger partial charge in [-0.3, -0.25) is 9.59 Å². The predicted octanol–water partition coefficient (Wildman–Crippen LogP) is 5.19. The van der Waals surface area contributed by atoms with Crippen LogP contribution >= 0.6 is 0 Å². The van der Waals surface area contributed by atoms with Gasteiger partial charge in [0.2, 0.25) is 0 Å². The highest BCUT2D eigenvalue weighted by Gasteiger charge is 2.15. The van der Waals surface area contributed by atoms with Gasteiger partial charge in [0.05, 0.1) is 25.5 Å². The lowest BCUT2D eigenvalue weighted by molar-refractivity contribution is -0.118. The van der Waals surface area contributed by atoms with Gasteiger partial charge in [-0.2, -0.15) is 0 Å². The van der Waals surface area contributed by atoms with E-state index >= 15 is 0 Å². The summed E-state index contributed by atoms with van der Waals surface area (Å²) in [6.07, 6.45) is 3.21. The minimum absolute atomic E-state index is 0.0563. The zero-order valence-corrected chi connectivity index (χ0v) is 20.5. The number of furan rings is 1. The Morgan fingerprint density at radius 1 is 0.943 bits per heavy atom. The van der Waals surface area contributed by atoms with Gasteiger partial charge in [0.25, 0.3) is 11.8 Å². The third-order valence-corrected chi connectivity index (χ3v) is 4.76. The van der Waals surface area contributed by atoms with Gasteiger partial charge in [-0.15, -0.1) is 0 Å². The van der Waals surface area contributed by atoms with E-state index < -0.39 is 11.8 Å². The molecule has 3 rings (SSSR count). The topological polar surface area (TPSA) is 89.8 Å². The molecule has 0 saturated carbocycles. The molecule has 0 radical (unpaired) electrons. The molecule has 0 aliphatic carbocycles. The molecule has 0 unspecified atom stereocenters. The van der Waals surface area contributed by atoms with Crippen LogP contribution in [-0.2, 0) is 11.3 Å². The van der Waals surface area contributed by atoms with Crippen molar-refractivity contribution < 1.29 is 23.5 Å². The van der Waals surface area contributed by atoms with E-state index in [1.807, 2.05) is 38.1 Å². The summed E-state index contributed by atoms with van der Waals surface area (Å²) in [7, 11) is 0. The molecule has 2 N–H and O–H groups in total. The largest absolute Gasteiger partial charge is 0.493 e. The summed E-state index contributed by atoms with van der Waals surface area (Å²) in [5, 5.41) is 5.51. The Labute approximate surface area is 206 Å². The Kier molecular flexibility index (Phi) is 9.12. The van der Waals surface area contributed by atoms with E-state index in [4.69, 9.17) is 13.9 Å². The Morgan fingerprint density at radius 2 is 1.63 bits per heavy atom. The quantitative estimate of drug-likeness (QED) is 0.372. The van der Waals surface area contributed by atoms with E-state index in [1.165, 1.54) is 6.26 Å². The smallest absolute Gasteiger partial charge is 0.268 e. The minimum Gasteiger partial charge on any atom is -0.493 e. The fourth-order valence-electron chi connectivity index (χ4n) is 3.08. The number of hydrogen-bond donors (Lipinski definition) is 2. The lowest BCUT2D eigenvalue weighted by Crippen LogP contribution is -2.34. The van der Waals surface area contributed by atoms with Crippen molar-refractivity contribution in [1.29, 1.82) is 0 Å². The summed E-state index contributed by atoms with van der Waals surface area (Å²) in [6.45, 7) is 8.83. The van der Waals surface area contributed by atoms with E-state index in [0.29, 0.717) is 29.6 Å². The van der Waals surface area contributed by atoms with Crippen molar-refractivity contribution in [2.75, 3.05) is 6.61 Å². The van der Waals surface area contributed by atoms with Gasteiger partial charge >= 0.3 is 0 Å². The van der Waals surface area contributed by atoms with Crippen LogP contribution in [0.15, 0.2) is 77.0 Å². The molecule has 7 nitrogen and oxygen atoms in total. The van der Waals surface area contributed by atoms with E-state index in [1.54, 1.807) is 42.5 Å². The van der Waals surface area contributed by atoms with Crippen LogP contribution in [0.2, 0.25) is 0 Å². The summed E-state index contributed by atoms with van der Waals surface area (Å²) in [5.74, 6) is 1.58. The number of hydrogen-bond acceptors (Lipinski definition) is 5. The van der Waals surface area contributed by atoms with Crippen molar-refractivity contribution in [2.24, 2.45) is 5.92 Å². The van der Waals surface area contributed by atoms with E-state index in [0.717, 1.165) is 11.3 Å². The fraction of sp³-hybridized carbons (Fsp3) is 0.286. The number of carbonyl (C=O) groups excluding carboxylic acids is 2. The molecule has 184 valence electrons. The molecule has 0 saturated heterocycles. The lowest BCUT2D eigenvalue weighted by Gasteiger charge is -2.12. The normalized spacial score (nSPS) is 11.4. The predicted molar refractivity (Wildman–Crippen MR) is 135 cm³/mol. The maximum atomic E-state index is 12.9. The maximum Gasteiger partial charge on any atom is 0.268 e. The molecule has 35 heavy (non-hydrogen) atoms. The van der Waals surface area contributed by atoms with Crippen molar-refractivity contribution in [3.8, 4) is 11.5 Å². The average molecular weight is 477 g/mol. The third kappa shape index (κ3) is 8.37. The van der Waals surface area contributed by atoms with Gasteiger partial charge in [0, 0.05) is 5.56 Å². The van der Waals surface area contributed by atoms with Crippen molar-refractivity contribution in [3.05, 3.63) is 89.5 Å². The first kappa shape index (κ1) is 25.6. The molecular formula is C28H32N2O5. The zero-order valence-electron chi connectivity index (χ0n) is 20.5. The molecule has 0 spiro atoms. The zero-order chi connectivity index (χ0) is 25.2. The van der Waals surface area contributed by atoms with E-state index in [9.17, 15) is 9.59 Å². The first-order chi connectivity index (χ1) is 16.8. The van der Waals surface area contributed by atoms with Crippen molar-refractivity contribution in [2.45, 2.75) is 40.3 Å². The second-order valence-corrected chi connectivity index (χ2v) is 8.74. The molecule has 3 aromatic rings.